The summed E-state index contributed by atoms with van der Waals surface area (Å²) in [5.41, 5.74) is 0. The second-order valence-electron chi connectivity index (χ2n) is 4.49. The zero-order chi connectivity index (χ0) is 20.6. The molecule has 0 radical (unpaired) electrons. The van der Waals surface area contributed by atoms with Crippen molar-refractivity contribution in [3.05, 3.63) is 30.3 Å². The smallest absolute Gasteiger partial charge is 0.422 e. The van der Waals surface area contributed by atoms with Crippen LogP contribution in [0.15, 0.2) is 30.3 Å². The van der Waals surface area contributed by atoms with Crippen molar-refractivity contribution in [3.8, 4) is 5.75 Å². The van der Waals surface area contributed by atoms with Gasteiger partial charge in [-0.3, -0.25) is 4.74 Å². The van der Waals surface area contributed by atoms with E-state index in [0.29, 0.717) is 0 Å². The van der Waals surface area contributed by atoms with E-state index in [9.17, 15) is 53.1 Å². The van der Waals surface area contributed by atoms with Crippen LogP contribution in [0.1, 0.15) is 0 Å². The van der Waals surface area contributed by atoms with Crippen molar-refractivity contribution in [3.63, 3.8) is 0 Å². The topological polar surface area (TPSA) is 35.5 Å². The number of hydrogen-bond acceptors (Lipinski definition) is 3. The lowest BCUT2D eigenvalue weighted by Crippen LogP contribution is -2.62. The first-order valence-electron chi connectivity index (χ1n) is 6.01. The summed E-state index contributed by atoms with van der Waals surface area (Å²) in [5.74, 6) is -17.8. The van der Waals surface area contributed by atoms with Crippen LogP contribution in [0.5, 0.6) is 5.75 Å². The minimum Gasteiger partial charge on any atom is -0.422 e. The van der Waals surface area contributed by atoms with Crippen LogP contribution >= 0.6 is 0 Å². The molecule has 1 atom stereocenters. The third-order valence-electron chi connectivity index (χ3n) is 2.57. The maximum Gasteiger partial charge on any atom is 0.462 e. The quantitative estimate of drug-likeness (QED) is 0.407. The second-order valence-corrected chi connectivity index (χ2v) is 4.49. The molecule has 148 valence electrons. The summed E-state index contributed by atoms with van der Waals surface area (Å²) in [6.07, 6.45) is -21.0. The molecule has 0 aliphatic carbocycles. The van der Waals surface area contributed by atoms with Crippen molar-refractivity contribution in [1.29, 1.82) is 0 Å². The van der Waals surface area contributed by atoms with Gasteiger partial charge in [-0.25, -0.2) is 4.79 Å². The lowest BCUT2D eigenvalue weighted by Gasteiger charge is -2.33. The number of para-hydroxylation sites is 1. The Morgan fingerprint density at radius 2 is 1.19 bits per heavy atom. The number of benzene rings is 1. The van der Waals surface area contributed by atoms with Crippen molar-refractivity contribution in [2.75, 3.05) is 0 Å². The van der Waals surface area contributed by atoms with Crippen molar-refractivity contribution in [1.82, 2.24) is 0 Å². The monoisotopic (exact) mass is 406 g/mol. The van der Waals surface area contributed by atoms with E-state index in [4.69, 9.17) is 0 Å². The largest absolute Gasteiger partial charge is 0.462 e. The van der Waals surface area contributed by atoms with E-state index in [2.05, 4.69) is 4.74 Å². The Bertz CT molecular complexity index is 638. The molecule has 0 N–H and O–H groups in total. The maximum absolute atomic E-state index is 13.8. The number of halogens is 11. The molecular formula is C12H5F11O3. The molecule has 1 aromatic rings. The summed E-state index contributed by atoms with van der Waals surface area (Å²) in [6.45, 7) is 0. The van der Waals surface area contributed by atoms with Crippen LogP contribution in [0, 0.1) is 0 Å². The first kappa shape index (κ1) is 21.9. The van der Waals surface area contributed by atoms with Gasteiger partial charge in [0.05, 0.1) is 0 Å². The molecular weight excluding hydrogens is 401 g/mol. The van der Waals surface area contributed by atoms with E-state index >= 15 is 0 Å². The Kier molecular flexibility index (Phi) is 5.53. The number of hydrogen-bond donors (Lipinski definition) is 0. The van der Waals surface area contributed by atoms with Gasteiger partial charge >= 0.3 is 36.2 Å². The molecule has 1 rings (SSSR count). The Hall–Kier alpha value is -2.12. The van der Waals surface area contributed by atoms with Crippen molar-refractivity contribution >= 4 is 5.97 Å². The van der Waals surface area contributed by atoms with E-state index in [1.807, 2.05) is 4.74 Å². The van der Waals surface area contributed by atoms with Gasteiger partial charge in [0.25, 0.3) is 0 Å². The molecule has 0 aliphatic heterocycles. The zero-order valence-corrected chi connectivity index (χ0v) is 11.8. The molecule has 0 heterocycles. The molecule has 0 aromatic heterocycles. The summed E-state index contributed by atoms with van der Waals surface area (Å²) in [5, 5.41) is 0. The summed E-state index contributed by atoms with van der Waals surface area (Å²) in [6, 6.07) is 4.76. The lowest BCUT2D eigenvalue weighted by atomic mass is 10.2. The van der Waals surface area contributed by atoms with Crippen LogP contribution in [0.4, 0.5) is 48.3 Å². The third-order valence-corrected chi connectivity index (χ3v) is 2.57. The van der Waals surface area contributed by atoms with Gasteiger partial charge in [0, 0.05) is 0 Å². The molecule has 14 heteroatoms. The molecule has 0 amide bonds. The normalized spacial score (nSPS) is 16.1. The summed E-state index contributed by atoms with van der Waals surface area (Å²) in [7, 11) is 0. The van der Waals surface area contributed by atoms with Gasteiger partial charge in [0.2, 0.25) is 0 Å². The van der Waals surface area contributed by atoms with Gasteiger partial charge in [-0.05, 0) is 12.1 Å². The van der Waals surface area contributed by atoms with E-state index < -0.39 is 42.0 Å². The fourth-order valence-electron chi connectivity index (χ4n) is 1.28. The molecule has 0 saturated heterocycles. The average Bonchev–Trinajstić information content (AvgIpc) is 2.45. The van der Waals surface area contributed by atoms with Gasteiger partial charge in [-0.2, -0.15) is 48.3 Å². The number of rotatable bonds is 5. The van der Waals surface area contributed by atoms with Crippen molar-refractivity contribution in [2.45, 2.75) is 30.2 Å². The third kappa shape index (κ3) is 3.99. The summed E-state index contributed by atoms with van der Waals surface area (Å²) in [4.78, 5) is 11.2. The Morgan fingerprint density at radius 1 is 0.731 bits per heavy atom. The standard InChI is InChI=1S/C12H5F11O3/c13-8(10(16,17)18,7(24)25-6-4-2-1-3-5-6)26-12(22,23)9(14,15)11(19,20)21/h1-5H/t8-/m0/s1. The molecule has 0 aliphatic rings. The highest BCUT2D eigenvalue weighted by atomic mass is 19.4. The molecule has 1 aromatic carbocycles. The van der Waals surface area contributed by atoms with Gasteiger partial charge in [-0.15, -0.1) is 0 Å². The molecule has 26 heavy (non-hydrogen) atoms. The minimum atomic E-state index is -7.25. The fraction of sp³-hybridized carbons (Fsp3) is 0.417. The van der Waals surface area contributed by atoms with E-state index in [-0.39, 0.29) is 0 Å². The van der Waals surface area contributed by atoms with E-state index in [1.165, 1.54) is 6.07 Å². The van der Waals surface area contributed by atoms with Crippen molar-refractivity contribution in [2.24, 2.45) is 0 Å². The molecule has 0 unspecified atom stereocenters. The van der Waals surface area contributed by atoms with Crippen LogP contribution < -0.4 is 4.74 Å². The van der Waals surface area contributed by atoms with Crippen LogP contribution in [-0.2, 0) is 9.53 Å². The summed E-state index contributed by atoms with van der Waals surface area (Å²) >= 11 is 0. The first-order chi connectivity index (χ1) is 11.5. The van der Waals surface area contributed by atoms with Gasteiger partial charge in [0.15, 0.2) is 0 Å². The van der Waals surface area contributed by atoms with Gasteiger partial charge in [-0.1, -0.05) is 18.2 Å². The Labute approximate surface area is 136 Å². The Morgan fingerprint density at radius 3 is 1.58 bits per heavy atom. The molecule has 0 bridgehead atoms. The Balaban J connectivity index is 3.27. The highest BCUT2D eigenvalue weighted by Gasteiger charge is 2.80. The highest BCUT2D eigenvalue weighted by molar-refractivity contribution is 5.81. The van der Waals surface area contributed by atoms with Crippen LogP contribution in [0.2, 0.25) is 0 Å². The molecule has 0 spiro atoms. The minimum absolute atomic E-state index is 0.733. The first-order valence-corrected chi connectivity index (χ1v) is 6.01. The second kappa shape index (κ2) is 6.55. The number of esters is 1. The van der Waals surface area contributed by atoms with Gasteiger partial charge < -0.3 is 4.74 Å². The van der Waals surface area contributed by atoms with Crippen LogP contribution in [0.3, 0.4) is 0 Å². The lowest BCUT2D eigenvalue weighted by molar-refractivity contribution is -0.474. The predicted molar refractivity (Wildman–Crippen MR) is 59.0 cm³/mol. The molecule has 0 fully saturated rings. The zero-order valence-electron chi connectivity index (χ0n) is 11.8. The SMILES string of the molecule is O=C(Oc1ccccc1)[C@](F)(OC(F)(F)C(F)(F)C(F)(F)F)C(F)(F)F. The average molecular weight is 406 g/mol. The van der Waals surface area contributed by atoms with Gasteiger partial charge in [0.1, 0.15) is 5.75 Å². The predicted octanol–water partition coefficient (Wildman–Crippen LogP) is 4.63. The maximum atomic E-state index is 13.8. The summed E-state index contributed by atoms with van der Waals surface area (Å²) < 4.78 is 144. The van der Waals surface area contributed by atoms with E-state index in [1.54, 1.807) is 0 Å². The fourth-order valence-corrected chi connectivity index (χ4v) is 1.28. The number of carbonyl (C=O) groups is 1. The molecule has 3 nitrogen and oxygen atoms in total. The van der Waals surface area contributed by atoms with E-state index in [0.717, 1.165) is 24.3 Å². The molecule has 0 saturated carbocycles. The van der Waals surface area contributed by atoms with Crippen LogP contribution in [0.25, 0.3) is 0 Å². The van der Waals surface area contributed by atoms with Crippen LogP contribution in [-0.4, -0.2) is 36.2 Å². The van der Waals surface area contributed by atoms with Crippen molar-refractivity contribution < 1.29 is 62.6 Å². The number of carbonyl (C=O) groups excluding carboxylic acids is 1. The number of alkyl halides is 11. The number of ether oxygens (including phenoxy) is 2. The highest BCUT2D eigenvalue weighted by Crippen LogP contribution is 2.51.